The van der Waals surface area contributed by atoms with Gasteiger partial charge in [-0.3, -0.25) is 0 Å². The molecule has 2 aromatic heterocycles. The SMILES string of the molecule is c1ccc(C2=NC(c3ccccc3)NC(c3ccc(-c4cccc5oc6cc(-n7c8ccccc8c8c(-c9ccccc9)cccc87)ccc6c45)cc3)=N2)cc1. The van der Waals surface area contributed by atoms with E-state index in [1.807, 2.05) is 36.4 Å². The highest BCUT2D eigenvalue weighted by atomic mass is 16.3. The molecular weight excluding hydrogens is 685 g/mol. The number of furan rings is 1. The molecular formula is C51H34N4O. The molecule has 1 aliphatic rings. The van der Waals surface area contributed by atoms with Crippen molar-refractivity contribution < 1.29 is 4.42 Å². The van der Waals surface area contributed by atoms with E-state index in [2.05, 4.69) is 168 Å². The molecule has 0 fully saturated rings. The Kier molecular flexibility index (Phi) is 7.49. The van der Waals surface area contributed by atoms with Crippen LogP contribution in [-0.4, -0.2) is 16.2 Å². The molecule has 1 aliphatic heterocycles. The maximum Gasteiger partial charge on any atom is 0.159 e. The van der Waals surface area contributed by atoms with Gasteiger partial charge in [-0.05, 0) is 58.1 Å². The molecule has 1 N–H and O–H groups in total. The summed E-state index contributed by atoms with van der Waals surface area (Å²) < 4.78 is 9.00. The number of rotatable bonds is 6. The monoisotopic (exact) mass is 718 g/mol. The Bertz CT molecular complexity index is 3140. The second kappa shape index (κ2) is 13.1. The maximum absolute atomic E-state index is 6.64. The average Bonchev–Trinajstić information content (AvgIpc) is 3.83. The van der Waals surface area contributed by atoms with E-state index in [0.717, 1.165) is 72.3 Å². The van der Waals surface area contributed by atoms with Gasteiger partial charge < -0.3 is 14.3 Å². The molecule has 0 saturated carbocycles. The van der Waals surface area contributed by atoms with Crippen LogP contribution >= 0.6 is 0 Å². The third-order valence-corrected chi connectivity index (χ3v) is 10.9. The van der Waals surface area contributed by atoms with Gasteiger partial charge in [0, 0.05) is 44.4 Å². The van der Waals surface area contributed by atoms with Crippen molar-refractivity contribution in [2.75, 3.05) is 0 Å². The molecule has 10 aromatic rings. The lowest BCUT2D eigenvalue weighted by atomic mass is 9.98. The summed E-state index contributed by atoms with van der Waals surface area (Å²) in [6.45, 7) is 0. The van der Waals surface area contributed by atoms with Crippen molar-refractivity contribution in [3.63, 3.8) is 0 Å². The summed E-state index contributed by atoms with van der Waals surface area (Å²) in [5.74, 6) is 1.50. The molecule has 0 spiro atoms. The molecule has 0 aliphatic carbocycles. The highest BCUT2D eigenvalue weighted by Gasteiger charge is 2.22. The minimum absolute atomic E-state index is 0.247. The fourth-order valence-electron chi connectivity index (χ4n) is 8.28. The van der Waals surface area contributed by atoms with E-state index in [1.54, 1.807) is 0 Å². The van der Waals surface area contributed by atoms with Gasteiger partial charge in [0.1, 0.15) is 23.2 Å². The highest BCUT2D eigenvalue weighted by Crippen LogP contribution is 2.41. The lowest BCUT2D eigenvalue weighted by molar-refractivity contribution is 0.668. The lowest BCUT2D eigenvalue weighted by Gasteiger charge is -2.23. The third kappa shape index (κ3) is 5.32. The average molecular weight is 719 g/mol. The Balaban J connectivity index is 0.986. The second-order valence-electron chi connectivity index (χ2n) is 14.2. The zero-order valence-electron chi connectivity index (χ0n) is 30.3. The number of fused-ring (bicyclic) bond motifs is 6. The van der Waals surface area contributed by atoms with Crippen molar-refractivity contribution in [2.45, 2.75) is 6.17 Å². The van der Waals surface area contributed by atoms with Crippen LogP contribution in [0.3, 0.4) is 0 Å². The molecule has 0 saturated heterocycles. The molecule has 8 aromatic carbocycles. The fraction of sp³-hybridized carbons (Fsp3) is 0.0196. The molecule has 0 bridgehead atoms. The zero-order valence-corrected chi connectivity index (χ0v) is 30.3. The van der Waals surface area contributed by atoms with Gasteiger partial charge in [-0.2, -0.15) is 0 Å². The quantitative estimate of drug-likeness (QED) is 0.186. The number of hydrogen-bond donors (Lipinski definition) is 1. The number of hydrogen-bond acceptors (Lipinski definition) is 4. The van der Waals surface area contributed by atoms with Crippen LogP contribution in [0.2, 0.25) is 0 Å². The van der Waals surface area contributed by atoms with Crippen molar-refractivity contribution in [2.24, 2.45) is 9.98 Å². The minimum atomic E-state index is -0.247. The van der Waals surface area contributed by atoms with Crippen LogP contribution in [-0.2, 0) is 0 Å². The summed E-state index contributed by atoms with van der Waals surface area (Å²) >= 11 is 0. The van der Waals surface area contributed by atoms with E-state index < -0.39 is 0 Å². The normalized spacial score (nSPS) is 14.2. The highest BCUT2D eigenvalue weighted by molar-refractivity contribution is 6.17. The smallest absolute Gasteiger partial charge is 0.159 e. The molecule has 1 atom stereocenters. The molecule has 56 heavy (non-hydrogen) atoms. The second-order valence-corrected chi connectivity index (χ2v) is 14.2. The Morgan fingerprint density at radius 2 is 1.09 bits per heavy atom. The summed E-state index contributed by atoms with van der Waals surface area (Å²) in [6.07, 6.45) is -0.247. The summed E-state index contributed by atoms with van der Waals surface area (Å²) in [5.41, 5.74) is 12.8. The van der Waals surface area contributed by atoms with Crippen molar-refractivity contribution in [3.8, 4) is 27.9 Å². The van der Waals surface area contributed by atoms with Crippen LogP contribution in [0, 0.1) is 0 Å². The van der Waals surface area contributed by atoms with Crippen molar-refractivity contribution >= 4 is 55.4 Å². The van der Waals surface area contributed by atoms with E-state index in [4.69, 9.17) is 14.4 Å². The van der Waals surface area contributed by atoms with Gasteiger partial charge in [-0.1, -0.05) is 158 Å². The van der Waals surface area contributed by atoms with Crippen LogP contribution in [0.15, 0.2) is 209 Å². The van der Waals surface area contributed by atoms with E-state index >= 15 is 0 Å². The fourth-order valence-corrected chi connectivity index (χ4v) is 8.28. The number of nitrogens with one attached hydrogen (secondary N) is 1. The summed E-state index contributed by atoms with van der Waals surface area (Å²) in [5, 5.41) is 8.25. The molecule has 264 valence electrons. The van der Waals surface area contributed by atoms with Crippen molar-refractivity contribution in [3.05, 3.63) is 211 Å². The van der Waals surface area contributed by atoms with Crippen LogP contribution in [0.25, 0.3) is 71.7 Å². The number of para-hydroxylation sites is 1. The van der Waals surface area contributed by atoms with Crippen molar-refractivity contribution in [1.29, 1.82) is 0 Å². The predicted octanol–water partition coefficient (Wildman–Crippen LogP) is 12.5. The van der Waals surface area contributed by atoms with Gasteiger partial charge in [0.05, 0.1) is 11.0 Å². The van der Waals surface area contributed by atoms with Gasteiger partial charge in [0.2, 0.25) is 0 Å². The van der Waals surface area contributed by atoms with Gasteiger partial charge in [0.15, 0.2) is 5.84 Å². The Hall–Kier alpha value is -7.50. The molecule has 11 rings (SSSR count). The summed E-state index contributed by atoms with van der Waals surface area (Å²) in [7, 11) is 0. The Labute approximate surface area is 323 Å². The molecule has 3 heterocycles. The van der Waals surface area contributed by atoms with E-state index in [0.29, 0.717) is 5.84 Å². The van der Waals surface area contributed by atoms with E-state index in [9.17, 15) is 0 Å². The first-order chi connectivity index (χ1) is 27.8. The number of aliphatic imine (C=N–C) groups is 2. The Morgan fingerprint density at radius 1 is 0.464 bits per heavy atom. The first-order valence-electron chi connectivity index (χ1n) is 18.9. The number of nitrogens with zero attached hydrogens (tertiary/aromatic N) is 3. The van der Waals surface area contributed by atoms with Crippen molar-refractivity contribution in [1.82, 2.24) is 9.88 Å². The van der Waals surface area contributed by atoms with E-state index in [1.165, 1.54) is 21.9 Å². The van der Waals surface area contributed by atoms with Gasteiger partial charge >= 0.3 is 0 Å². The Morgan fingerprint density at radius 3 is 1.88 bits per heavy atom. The zero-order chi connectivity index (χ0) is 37.0. The van der Waals surface area contributed by atoms with Gasteiger partial charge in [0.25, 0.3) is 0 Å². The minimum Gasteiger partial charge on any atom is -0.456 e. The molecule has 0 amide bonds. The van der Waals surface area contributed by atoms with Crippen LogP contribution < -0.4 is 5.32 Å². The first-order valence-corrected chi connectivity index (χ1v) is 18.9. The lowest BCUT2D eigenvalue weighted by Crippen LogP contribution is -2.33. The summed E-state index contributed by atoms with van der Waals surface area (Å²) in [6, 6.07) is 68.0. The molecule has 1 unspecified atom stereocenters. The van der Waals surface area contributed by atoms with Gasteiger partial charge in [-0.25, -0.2) is 9.98 Å². The van der Waals surface area contributed by atoms with Gasteiger partial charge in [-0.15, -0.1) is 0 Å². The number of amidine groups is 2. The molecule has 0 radical (unpaired) electrons. The number of benzene rings is 8. The molecule has 5 heteroatoms. The standard InChI is InChI=1S/C51H34N4O/c1-4-14-33(15-5-1)39-21-12-24-44-47(39)41-20-10-11-23-43(41)55(44)38-30-31-42-46(32-38)56-45-25-13-22-40(48(42)45)34-26-28-37(29-27-34)51-53-49(35-16-6-2-7-17-35)52-50(54-51)36-18-8-3-9-19-36/h1-32,49H,(H,52,53,54). The van der Waals surface area contributed by atoms with Crippen LogP contribution in [0.1, 0.15) is 22.9 Å². The molecule has 5 nitrogen and oxygen atoms in total. The van der Waals surface area contributed by atoms with Crippen LogP contribution in [0.5, 0.6) is 0 Å². The number of aromatic nitrogens is 1. The first kappa shape index (κ1) is 32.0. The predicted molar refractivity (Wildman–Crippen MR) is 231 cm³/mol. The van der Waals surface area contributed by atoms with Crippen LogP contribution in [0.4, 0.5) is 0 Å². The van der Waals surface area contributed by atoms with E-state index in [-0.39, 0.29) is 6.17 Å². The maximum atomic E-state index is 6.64. The largest absolute Gasteiger partial charge is 0.456 e. The topological polar surface area (TPSA) is 54.8 Å². The summed E-state index contributed by atoms with van der Waals surface area (Å²) in [4.78, 5) is 10.0. The third-order valence-electron chi connectivity index (χ3n) is 10.9.